The zero-order valence-corrected chi connectivity index (χ0v) is 17.5. The highest BCUT2D eigenvalue weighted by Crippen LogP contribution is 2.30. The van der Waals surface area contributed by atoms with Gasteiger partial charge in [0.2, 0.25) is 5.91 Å². The Morgan fingerprint density at radius 1 is 1.21 bits per heavy atom. The zero-order valence-electron chi connectivity index (χ0n) is 16.0. The minimum atomic E-state index is -0.620. The molecule has 152 valence electrons. The number of hydrogen-bond acceptors (Lipinski definition) is 4. The highest BCUT2D eigenvalue weighted by atomic mass is 35.5. The summed E-state index contributed by atoms with van der Waals surface area (Å²) in [6.45, 7) is 3.65. The fourth-order valence-electron chi connectivity index (χ4n) is 3.25. The van der Waals surface area contributed by atoms with Gasteiger partial charge >= 0.3 is 5.97 Å². The van der Waals surface area contributed by atoms with Crippen LogP contribution in [0.5, 0.6) is 0 Å². The first-order valence-corrected chi connectivity index (χ1v) is 9.80. The molecule has 0 radical (unpaired) electrons. The van der Waals surface area contributed by atoms with Gasteiger partial charge in [-0.25, -0.2) is 0 Å². The molecule has 8 heteroatoms. The average Bonchev–Trinajstić information content (AvgIpc) is 3.05. The lowest BCUT2D eigenvalue weighted by atomic mass is 10.1. The number of aryl methyl sites for hydroxylation is 2. The van der Waals surface area contributed by atoms with Crippen molar-refractivity contribution >= 4 is 52.4 Å². The third-order valence-electron chi connectivity index (χ3n) is 4.67. The quantitative estimate of drug-likeness (QED) is 0.717. The summed E-state index contributed by atoms with van der Waals surface area (Å²) < 4.78 is 5.11. The van der Waals surface area contributed by atoms with E-state index in [-0.39, 0.29) is 23.9 Å². The lowest BCUT2D eigenvalue weighted by molar-refractivity contribution is -0.151. The second kappa shape index (κ2) is 8.84. The van der Waals surface area contributed by atoms with Crippen molar-refractivity contribution in [2.45, 2.75) is 20.3 Å². The first kappa shape index (κ1) is 21.1. The Kier molecular flexibility index (Phi) is 6.45. The van der Waals surface area contributed by atoms with E-state index >= 15 is 0 Å². The average molecular weight is 435 g/mol. The number of rotatable bonds is 5. The van der Waals surface area contributed by atoms with Gasteiger partial charge in [-0.15, -0.1) is 0 Å². The van der Waals surface area contributed by atoms with E-state index in [2.05, 4.69) is 5.32 Å². The normalized spacial score (nSPS) is 16.1. The summed E-state index contributed by atoms with van der Waals surface area (Å²) in [5.41, 5.74) is 3.17. The van der Waals surface area contributed by atoms with Crippen LogP contribution in [0.15, 0.2) is 36.4 Å². The highest BCUT2D eigenvalue weighted by Gasteiger charge is 2.36. The van der Waals surface area contributed by atoms with Gasteiger partial charge in [-0.2, -0.15) is 0 Å². The van der Waals surface area contributed by atoms with E-state index in [1.165, 1.54) is 0 Å². The summed E-state index contributed by atoms with van der Waals surface area (Å²) in [6.07, 6.45) is 0.0495. The molecule has 0 aliphatic carbocycles. The van der Waals surface area contributed by atoms with E-state index in [9.17, 15) is 14.4 Å². The molecular formula is C21H20Cl2N2O4. The molecule has 1 aliphatic heterocycles. The molecule has 29 heavy (non-hydrogen) atoms. The Hall–Kier alpha value is -2.57. The third-order valence-corrected chi connectivity index (χ3v) is 5.49. The van der Waals surface area contributed by atoms with Gasteiger partial charge in [-0.1, -0.05) is 47.0 Å². The molecule has 1 saturated heterocycles. The largest absolute Gasteiger partial charge is 0.455 e. The molecule has 1 aliphatic rings. The maximum Gasteiger partial charge on any atom is 0.311 e. The second-order valence-corrected chi connectivity index (χ2v) is 7.74. The van der Waals surface area contributed by atoms with Gasteiger partial charge in [0.15, 0.2) is 6.61 Å². The van der Waals surface area contributed by atoms with Crippen molar-refractivity contribution in [3.05, 3.63) is 57.6 Å². The number of ether oxygens (including phenoxy) is 1. The van der Waals surface area contributed by atoms with Gasteiger partial charge in [0.1, 0.15) is 0 Å². The zero-order chi connectivity index (χ0) is 21.1. The van der Waals surface area contributed by atoms with Crippen molar-refractivity contribution in [3.8, 4) is 0 Å². The van der Waals surface area contributed by atoms with Crippen LogP contribution in [0.4, 0.5) is 11.4 Å². The first-order valence-electron chi connectivity index (χ1n) is 9.04. The fourth-order valence-corrected chi connectivity index (χ4v) is 3.60. The molecule has 2 amide bonds. The van der Waals surface area contributed by atoms with Crippen LogP contribution in [0.25, 0.3) is 0 Å². The molecular weight excluding hydrogens is 415 g/mol. The summed E-state index contributed by atoms with van der Waals surface area (Å²) in [5, 5.41) is 3.05. The number of anilines is 2. The lowest BCUT2D eigenvalue weighted by Gasteiger charge is -2.19. The maximum absolute atomic E-state index is 12.4. The smallest absolute Gasteiger partial charge is 0.311 e. The van der Waals surface area contributed by atoms with Crippen molar-refractivity contribution in [3.63, 3.8) is 0 Å². The number of nitrogens with one attached hydrogen (secondary N) is 1. The number of halogens is 2. The fraction of sp³-hybridized carbons (Fsp3) is 0.286. The number of esters is 1. The van der Waals surface area contributed by atoms with Crippen molar-refractivity contribution in [1.29, 1.82) is 0 Å². The van der Waals surface area contributed by atoms with E-state index in [0.29, 0.717) is 10.7 Å². The second-order valence-electron chi connectivity index (χ2n) is 6.95. The molecule has 1 heterocycles. The maximum atomic E-state index is 12.4. The first-order chi connectivity index (χ1) is 13.8. The van der Waals surface area contributed by atoms with Crippen molar-refractivity contribution in [2.24, 2.45) is 5.92 Å². The summed E-state index contributed by atoms with van der Waals surface area (Å²) >= 11 is 11.9. The molecule has 0 saturated carbocycles. The predicted octanol–water partition coefficient (Wildman–Crippen LogP) is 4.15. The van der Waals surface area contributed by atoms with Gasteiger partial charge in [-0.05, 0) is 37.6 Å². The van der Waals surface area contributed by atoms with Gasteiger partial charge in [0.25, 0.3) is 5.91 Å². The molecule has 0 bridgehead atoms. The predicted molar refractivity (Wildman–Crippen MR) is 112 cm³/mol. The Labute approximate surface area is 178 Å². The van der Waals surface area contributed by atoms with Crippen LogP contribution >= 0.6 is 23.2 Å². The van der Waals surface area contributed by atoms with Crippen LogP contribution in [0.3, 0.4) is 0 Å². The van der Waals surface area contributed by atoms with Crippen LogP contribution < -0.4 is 10.2 Å². The van der Waals surface area contributed by atoms with Gasteiger partial charge in [0, 0.05) is 18.7 Å². The van der Waals surface area contributed by atoms with E-state index in [1.807, 2.05) is 32.0 Å². The molecule has 2 aromatic carbocycles. The Morgan fingerprint density at radius 2 is 1.97 bits per heavy atom. The number of nitrogens with zero attached hydrogens (tertiary/aromatic N) is 1. The highest BCUT2D eigenvalue weighted by molar-refractivity contribution is 6.44. The Bertz CT molecular complexity index is 977. The molecule has 1 atom stereocenters. The Balaban J connectivity index is 1.56. The minimum Gasteiger partial charge on any atom is -0.455 e. The van der Waals surface area contributed by atoms with Crippen LogP contribution in [0, 0.1) is 19.8 Å². The van der Waals surface area contributed by atoms with Gasteiger partial charge in [0.05, 0.1) is 21.7 Å². The number of hydrogen-bond donors (Lipinski definition) is 1. The molecule has 2 aromatic rings. The van der Waals surface area contributed by atoms with Crippen LogP contribution in [-0.2, 0) is 19.1 Å². The van der Waals surface area contributed by atoms with E-state index < -0.39 is 24.4 Å². The Morgan fingerprint density at radius 3 is 2.69 bits per heavy atom. The number of benzene rings is 2. The SMILES string of the molecule is Cc1ccc(N2C[C@H](C(=O)OCC(=O)Nc3cccc(Cl)c3Cl)CC2=O)c(C)c1. The number of amides is 2. The van der Waals surface area contributed by atoms with Crippen LogP contribution in [0.1, 0.15) is 17.5 Å². The summed E-state index contributed by atoms with van der Waals surface area (Å²) in [7, 11) is 0. The van der Waals surface area contributed by atoms with Crippen molar-refractivity contribution in [1.82, 2.24) is 0 Å². The summed E-state index contributed by atoms with van der Waals surface area (Å²) in [5.74, 6) is -1.89. The number of carbonyl (C=O) groups excluding carboxylic acids is 3. The van der Waals surface area contributed by atoms with E-state index in [4.69, 9.17) is 27.9 Å². The summed E-state index contributed by atoms with van der Waals surface area (Å²) in [6, 6.07) is 10.6. The van der Waals surface area contributed by atoms with Crippen molar-refractivity contribution < 1.29 is 19.1 Å². The monoisotopic (exact) mass is 434 g/mol. The van der Waals surface area contributed by atoms with Gasteiger partial charge in [-0.3, -0.25) is 14.4 Å². The standard InChI is InChI=1S/C21H20Cl2N2O4/c1-12-6-7-17(13(2)8-12)25-10-14(9-19(25)27)21(28)29-11-18(26)24-16-5-3-4-15(22)20(16)23/h3-8,14H,9-11H2,1-2H3,(H,24,26)/t14-/m1/s1. The molecule has 3 rings (SSSR count). The third kappa shape index (κ3) is 4.89. The molecule has 1 fully saturated rings. The molecule has 0 unspecified atom stereocenters. The number of carbonyl (C=O) groups is 3. The topological polar surface area (TPSA) is 75.7 Å². The molecule has 6 nitrogen and oxygen atoms in total. The molecule has 0 spiro atoms. The molecule has 0 aromatic heterocycles. The molecule has 1 N–H and O–H groups in total. The van der Waals surface area contributed by atoms with Crippen LogP contribution in [-0.4, -0.2) is 30.9 Å². The van der Waals surface area contributed by atoms with Crippen molar-refractivity contribution in [2.75, 3.05) is 23.4 Å². The van der Waals surface area contributed by atoms with E-state index in [0.717, 1.165) is 16.8 Å². The van der Waals surface area contributed by atoms with E-state index in [1.54, 1.807) is 23.1 Å². The summed E-state index contributed by atoms with van der Waals surface area (Å²) in [4.78, 5) is 38.4. The van der Waals surface area contributed by atoms with Gasteiger partial charge < -0.3 is 15.0 Å². The lowest BCUT2D eigenvalue weighted by Crippen LogP contribution is -2.28. The van der Waals surface area contributed by atoms with Crippen LogP contribution in [0.2, 0.25) is 10.0 Å². The minimum absolute atomic E-state index is 0.0495.